The molecule has 5 rings (SSSR count). The number of carbonyl (C=O) groups excluding carboxylic acids is 2. The van der Waals surface area contributed by atoms with Crippen molar-refractivity contribution in [1.29, 1.82) is 0 Å². The van der Waals surface area contributed by atoms with Gasteiger partial charge in [-0.05, 0) is 73.9 Å². The molecule has 0 spiro atoms. The van der Waals surface area contributed by atoms with E-state index >= 15 is 0 Å². The lowest BCUT2D eigenvalue weighted by Gasteiger charge is -2.38. The largest absolute Gasteiger partial charge is 0.495 e. The summed E-state index contributed by atoms with van der Waals surface area (Å²) in [5.74, 6) is 1.28. The Balaban J connectivity index is 1.29. The maximum Gasteiger partial charge on any atom is 0.255 e. The Bertz CT molecular complexity index is 1310. The number of methoxy groups -OCH3 is 1. The van der Waals surface area contributed by atoms with Gasteiger partial charge in [0.25, 0.3) is 11.8 Å². The summed E-state index contributed by atoms with van der Waals surface area (Å²) in [6.45, 7) is 5.92. The Labute approximate surface area is 236 Å². The second-order valence-corrected chi connectivity index (χ2v) is 10.3. The van der Waals surface area contributed by atoms with Crippen molar-refractivity contribution in [3.8, 4) is 11.5 Å². The third kappa shape index (κ3) is 6.68. The molecule has 1 aliphatic carbocycles. The molecule has 2 fully saturated rings. The molecule has 2 aliphatic rings. The Morgan fingerprint density at radius 3 is 2.25 bits per heavy atom. The number of nitrogens with zero attached hydrogens (tertiary/aromatic N) is 2. The normalized spacial score (nSPS) is 14.9. The molecule has 0 aromatic heterocycles. The van der Waals surface area contributed by atoms with Crippen LogP contribution in [-0.4, -0.2) is 57.8 Å². The Hall–Kier alpha value is -4.20. The van der Waals surface area contributed by atoms with Crippen LogP contribution < -0.4 is 29.9 Å². The molecule has 0 bridgehead atoms. The van der Waals surface area contributed by atoms with Crippen LogP contribution in [0.15, 0.2) is 66.7 Å². The highest BCUT2D eigenvalue weighted by Crippen LogP contribution is 2.31. The molecule has 40 heavy (non-hydrogen) atoms. The van der Waals surface area contributed by atoms with Crippen molar-refractivity contribution in [2.24, 2.45) is 0 Å². The summed E-state index contributed by atoms with van der Waals surface area (Å²) in [5.41, 5.74) is 3.66. The summed E-state index contributed by atoms with van der Waals surface area (Å²) in [7, 11) is 1.69. The molecule has 1 heterocycles. The molecule has 2 amide bonds. The minimum absolute atomic E-state index is 0.102. The number of hydrogen-bond donors (Lipinski definition) is 2. The Kier molecular flexibility index (Phi) is 8.74. The number of unbranched alkanes of at least 4 members (excludes halogenated alkanes) is 1. The van der Waals surface area contributed by atoms with Crippen molar-refractivity contribution < 1.29 is 19.1 Å². The zero-order valence-electron chi connectivity index (χ0n) is 23.3. The average Bonchev–Trinajstić information content (AvgIpc) is 3.81. The first-order valence-electron chi connectivity index (χ1n) is 14.2. The van der Waals surface area contributed by atoms with Crippen LogP contribution in [0.4, 0.5) is 17.1 Å². The topological polar surface area (TPSA) is 83.1 Å². The molecule has 210 valence electrons. The van der Waals surface area contributed by atoms with E-state index in [0.29, 0.717) is 23.4 Å². The van der Waals surface area contributed by atoms with Crippen LogP contribution in [0.5, 0.6) is 11.5 Å². The van der Waals surface area contributed by atoms with E-state index in [2.05, 4.69) is 33.4 Å². The van der Waals surface area contributed by atoms with Crippen molar-refractivity contribution in [3.05, 3.63) is 77.9 Å². The number of rotatable bonds is 11. The van der Waals surface area contributed by atoms with Gasteiger partial charge in [-0.15, -0.1) is 0 Å². The minimum Gasteiger partial charge on any atom is -0.495 e. The molecule has 0 radical (unpaired) electrons. The summed E-state index contributed by atoms with van der Waals surface area (Å²) in [6, 6.07) is 21.0. The molecular formula is C32H38N4O4. The lowest BCUT2D eigenvalue weighted by Crippen LogP contribution is -2.47. The zero-order chi connectivity index (χ0) is 27.9. The van der Waals surface area contributed by atoms with Gasteiger partial charge in [-0.3, -0.25) is 9.59 Å². The van der Waals surface area contributed by atoms with Gasteiger partial charge >= 0.3 is 0 Å². The lowest BCUT2D eigenvalue weighted by atomic mass is 10.1. The molecule has 2 N–H and O–H groups in total. The number of para-hydroxylation sites is 2. The predicted molar refractivity (Wildman–Crippen MR) is 159 cm³/mol. The molecule has 3 aromatic rings. The Morgan fingerprint density at radius 1 is 0.875 bits per heavy atom. The molecule has 1 saturated heterocycles. The SMILES string of the molecule is CCCCOc1ccc(C(=O)Nc2ccc(N3CCN(c4ccccc4OC)CC3)c(C(=O)NC3CC3)c2)cc1. The van der Waals surface area contributed by atoms with Crippen molar-refractivity contribution >= 4 is 28.9 Å². The maximum absolute atomic E-state index is 13.3. The second-order valence-electron chi connectivity index (χ2n) is 10.3. The lowest BCUT2D eigenvalue weighted by molar-refractivity contribution is 0.0950. The van der Waals surface area contributed by atoms with E-state index in [4.69, 9.17) is 9.47 Å². The maximum atomic E-state index is 13.3. The van der Waals surface area contributed by atoms with Crippen molar-refractivity contribution in [3.63, 3.8) is 0 Å². The first-order valence-corrected chi connectivity index (χ1v) is 14.2. The van der Waals surface area contributed by atoms with Gasteiger partial charge in [-0.2, -0.15) is 0 Å². The number of benzene rings is 3. The van der Waals surface area contributed by atoms with E-state index in [-0.39, 0.29) is 17.9 Å². The smallest absolute Gasteiger partial charge is 0.255 e. The molecule has 8 nitrogen and oxygen atoms in total. The number of nitrogens with one attached hydrogen (secondary N) is 2. The minimum atomic E-state index is -0.230. The highest BCUT2D eigenvalue weighted by molar-refractivity contribution is 6.06. The highest BCUT2D eigenvalue weighted by atomic mass is 16.5. The van der Waals surface area contributed by atoms with Crippen molar-refractivity contribution in [2.45, 2.75) is 38.6 Å². The summed E-state index contributed by atoms with van der Waals surface area (Å²) >= 11 is 0. The summed E-state index contributed by atoms with van der Waals surface area (Å²) in [6.07, 6.45) is 4.08. The molecule has 0 atom stereocenters. The standard InChI is InChI=1S/C32H38N4O4/c1-3-4-21-40-26-14-9-23(10-15-26)31(37)34-25-13-16-28(27(22-25)32(38)33-24-11-12-24)35-17-19-36(20-18-35)29-7-5-6-8-30(29)39-2/h5-10,13-16,22,24H,3-4,11-12,17-21H2,1-2H3,(H,33,38)(H,34,37). The summed E-state index contributed by atoms with van der Waals surface area (Å²) in [4.78, 5) is 30.8. The predicted octanol–water partition coefficient (Wildman–Crippen LogP) is 5.35. The fourth-order valence-electron chi connectivity index (χ4n) is 4.88. The van der Waals surface area contributed by atoms with E-state index in [1.54, 1.807) is 25.3 Å². The van der Waals surface area contributed by atoms with E-state index < -0.39 is 0 Å². The van der Waals surface area contributed by atoms with Gasteiger partial charge in [-0.1, -0.05) is 25.5 Å². The number of ether oxygens (including phenoxy) is 2. The monoisotopic (exact) mass is 542 g/mol. The third-order valence-electron chi connectivity index (χ3n) is 7.34. The summed E-state index contributed by atoms with van der Waals surface area (Å²) < 4.78 is 11.3. The second kappa shape index (κ2) is 12.8. The van der Waals surface area contributed by atoms with Crippen LogP contribution in [0, 0.1) is 0 Å². The number of amides is 2. The molecular weight excluding hydrogens is 504 g/mol. The van der Waals surface area contributed by atoms with Crippen LogP contribution in [0.1, 0.15) is 53.3 Å². The van der Waals surface area contributed by atoms with Crippen LogP contribution in [0.25, 0.3) is 0 Å². The van der Waals surface area contributed by atoms with Crippen LogP contribution in [0.3, 0.4) is 0 Å². The van der Waals surface area contributed by atoms with Crippen molar-refractivity contribution in [1.82, 2.24) is 5.32 Å². The molecule has 1 saturated carbocycles. The van der Waals surface area contributed by atoms with Crippen LogP contribution >= 0.6 is 0 Å². The number of anilines is 3. The first kappa shape index (κ1) is 27.4. The van der Waals surface area contributed by atoms with Gasteiger partial charge in [-0.25, -0.2) is 0 Å². The number of piperazine rings is 1. The molecule has 0 unspecified atom stereocenters. The fourth-order valence-corrected chi connectivity index (χ4v) is 4.88. The van der Waals surface area contributed by atoms with E-state index in [1.165, 1.54) is 0 Å². The van der Waals surface area contributed by atoms with Gasteiger partial charge in [0.1, 0.15) is 11.5 Å². The van der Waals surface area contributed by atoms with Gasteiger partial charge < -0.3 is 29.9 Å². The molecule has 8 heteroatoms. The zero-order valence-corrected chi connectivity index (χ0v) is 23.3. The number of carbonyl (C=O) groups is 2. The van der Waals surface area contributed by atoms with E-state index in [9.17, 15) is 9.59 Å². The van der Waals surface area contributed by atoms with E-state index in [1.807, 2.05) is 42.5 Å². The van der Waals surface area contributed by atoms with Gasteiger partial charge in [0.2, 0.25) is 0 Å². The summed E-state index contributed by atoms with van der Waals surface area (Å²) in [5, 5.41) is 6.08. The average molecular weight is 543 g/mol. The molecule has 3 aromatic carbocycles. The highest BCUT2D eigenvalue weighted by Gasteiger charge is 2.28. The van der Waals surface area contributed by atoms with Crippen molar-refractivity contribution in [2.75, 3.05) is 55.0 Å². The van der Waals surface area contributed by atoms with Crippen LogP contribution in [0.2, 0.25) is 0 Å². The van der Waals surface area contributed by atoms with Crippen LogP contribution in [-0.2, 0) is 0 Å². The quantitative estimate of drug-likeness (QED) is 0.318. The molecule has 1 aliphatic heterocycles. The number of hydrogen-bond acceptors (Lipinski definition) is 6. The van der Waals surface area contributed by atoms with E-state index in [0.717, 1.165) is 74.7 Å². The van der Waals surface area contributed by atoms with Gasteiger partial charge in [0, 0.05) is 49.2 Å². The van der Waals surface area contributed by atoms with Gasteiger partial charge in [0.15, 0.2) is 0 Å². The fraction of sp³-hybridized carbons (Fsp3) is 0.375. The van der Waals surface area contributed by atoms with Gasteiger partial charge in [0.05, 0.1) is 25.0 Å². The first-order chi connectivity index (χ1) is 19.6. The third-order valence-corrected chi connectivity index (χ3v) is 7.34. The Morgan fingerprint density at radius 2 is 1.57 bits per heavy atom.